The summed E-state index contributed by atoms with van der Waals surface area (Å²) in [6.45, 7) is 0.684. The summed E-state index contributed by atoms with van der Waals surface area (Å²) in [5.41, 5.74) is 3.70. The molecule has 48 heavy (non-hydrogen) atoms. The molecule has 1 aliphatic heterocycles. The Morgan fingerprint density at radius 2 is 1.52 bits per heavy atom. The number of amides is 1. The fourth-order valence-corrected chi connectivity index (χ4v) is 6.11. The number of nitrogens with one attached hydrogen (secondary N) is 1. The second-order valence-corrected chi connectivity index (χ2v) is 12.6. The van der Waals surface area contributed by atoms with Gasteiger partial charge in [0.1, 0.15) is 11.6 Å². The minimum absolute atomic E-state index is 0.0548. The van der Waals surface area contributed by atoms with Crippen molar-refractivity contribution in [1.82, 2.24) is 5.32 Å². The highest BCUT2D eigenvalue weighted by molar-refractivity contribution is 9.10. The quantitative estimate of drug-likeness (QED) is 0.122. The maximum absolute atomic E-state index is 14.5. The molecular formula is C40H36BrFN2O4. The van der Waals surface area contributed by atoms with Crippen LogP contribution in [0.15, 0.2) is 137 Å². The Bertz CT molecular complexity index is 1850. The van der Waals surface area contributed by atoms with Gasteiger partial charge in [-0.2, -0.15) is 0 Å². The molecule has 0 saturated carbocycles. The fraction of sp³-hybridized carbons (Fsp3) is 0.200. The number of aliphatic imine (C=N–C) groups is 1. The highest BCUT2D eigenvalue weighted by atomic mass is 79.9. The van der Waals surface area contributed by atoms with E-state index in [1.807, 2.05) is 91.0 Å². The van der Waals surface area contributed by atoms with Crippen LogP contribution in [0.25, 0.3) is 11.1 Å². The molecule has 8 heteroatoms. The lowest BCUT2D eigenvalue weighted by molar-refractivity contribution is -0.128. The van der Waals surface area contributed by atoms with Gasteiger partial charge in [0.2, 0.25) is 5.90 Å². The molecule has 5 aromatic carbocycles. The van der Waals surface area contributed by atoms with E-state index in [2.05, 4.69) is 33.4 Å². The molecule has 2 N–H and O–H groups in total. The van der Waals surface area contributed by atoms with Crippen LogP contribution < -0.4 is 10.1 Å². The summed E-state index contributed by atoms with van der Waals surface area (Å²) >= 11 is 3.52. The predicted molar refractivity (Wildman–Crippen MR) is 190 cm³/mol. The number of carbonyl (C=O) groups excluding carboxylic acids is 1. The molecule has 6 rings (SSSR count). The topological polar surface area (TPSA) is 80.2 Å². The Morgan fingerprint density at radius 3 is 2.23 bits per heavy atom. The maximum atomic E-state index is 14.5. The van der Waals surface area contributed by atoms with Crippen molar-refractivity contribution in [2.45, 2.75) is 30.9 Å². The van der Waals surface area contributed by atoms with E-state index in [-0.39, 0.29) is 31.3 Å². The first kappa shape index (κ1) is 33.1. The second kappa shape index (κ2) is 15.4. The number of carbonyl (C=O) groups is 1. The Kier molecular flexibility index (Phi) is 10.6. The summed E-state index contributed by atoms with van der Waals surface area (Å²) in [6, 6.07) is 39.9. The van der Waals surface area contributed by atoms with Crippen LogP contribution in [0.1, 0.15) is 34.8 Å². The summed E-state index contributed by atoms with van der Waals surface area (Å²) in [7, 11) is 0. The van der Waals surface area contributed by atoms with Crippen molar-refractivity contribution in [2.75, 3.05) is 19.8 Å². The number of aliphatic hydroxyl groups excluding tert-OH is 1. The maximum Gasteiger partial charge on any atom is 0.252 e. The highest BCUT2D eigenvalue weighted by Gasteiger charge is 2.53. The molecule has 244 valence electrons. The van der Waals surface area contributed by atoms with Crippen LogP contribution >= 0.6 is 15.9 Å². The number of nitrogens with zero attached hydrogens (tertiary/aromatic N) is 1. The van der Waals surface area contributed by atoms with Crippen molar-refractivity contribution in [3.8, 4) is 16.9 Å². The van der Waals surface area contributed by atoms with Gasteiger partial charge in [0.25, 0.3) is 5.91 Å². The standard InChI is InChI=1S/C40H36BrFN2O4/c41-34-19-11-28(12-20-34)27-40(39(46)43-24-23-31-9-4-5-10-36(31)42)37(32-15-13-30(14-16-32)29-7-2-1-3-8-29)48-38(44-40)33-17-21-35(22-18-33)47-26-6-25-45/h1-5,7-22,37,45H,6,23-27H2,(H,43,46)/t37-,40-/m1/s1. The Labute approximate surface area is 288 Å². The van der Waals surface area contributed by atoms with Crippen molar-refractivity contribution >= 4 is 27.7 Å². The van der Waals surface area contributed by atoms with E-state index in [0.717, 1.165) is 26.7 Å². The SMILES string of the molecule is O=C(NCCc1ccccc1F)[C@]1(Cc2ccc(Br)cc2)N=C(c2ccc(OCCCO)cc2)O[C@@H]1c1ccc(-c2ccccc2)cc1. The predicted octanol–water partition coefficient (Wildman–Crippen LogP) is 7.87. The largest absolute Gasteiger partial charge is 0.494 e. The normalized spacial score (nSPS) is 17.0. The van der Waals surface area contributed by atoms with Crippen LogP contribution in [-0.2, 0) is 22.4 Å². The Balaban J connectivity index is 1.38. The molecule has 0 spiro atoms. The molecule has 1 aliphatic rings. The van der Waals surface area contributed by atoms with E-state index in [9.17, 15) is 9.18 Å². The zero-order valence-corrected chi connectivity index (χ0v) is 27.9. The zero-order valence-electron chi connectivity index (χ0n) is 26.3. The van der Waals surface area contributed by atoms with Gasteiger partial charge in [-0.1, -0.05) is 101 Å². The van der Waals surface area contributed by atoms with Crippen molar-refractivity contribution < 1.29 is 23.8 Å². The van der Waals surface area contributed by atoms with Crippen molar-refractivity contribution in [1.29, 1.82) is 0 Å². The van der Waals surface area contributed by atoms with Gasteiger partial charge in [0.05, 0.1) is 6.61 Å². The lowest BCUT2D eigenvalue weighted by Gasteiger charge is -2.31. The van der Waals surface area contributed by atoms with Gasteiger partial charge >= 0.3 is 0 Å². The highest BCUT2D eigenvalue weighted by Crippen LogP contribution is 2.43. The van der Waals surface area contributed by atoms with Crippen molar-refractivity contribution in [2.24, 2.45) is 4.99 Å². The van der Waals surface area contributed by atoms with Gasteiger partial charge in [-0.15, -0.1) is 0 Å². The molecule has 1 amide bonds. The van der Waals surface area contributed by atoms with Gasteiger partial charge in [-0.25, -0.2) is 9.38 Å². The van der Waals surface area contributed by atoms with Crippen LogP contribution in [0.4, 0.5) is 4.39 Å². The first-order chi connectivity index (χ1) is 23.4. The minimum atomic E-state index is -1.37. The molecule has 6 nitrogen and oxygen atoms in total. The number of hydrogen-bond acceptors (Lipinski definition) is 5. The number of ether oxygens (including phenoxy) is 2. The molecule has 0 radical (unpaired) electrons. The molecule has 5 aromatic rings. The first-order valence-electron chi connectivity index (χ1n) is 16.0. The van der Waals surface area contributed by atoms with E-state index >= 15 is 0 Å². The van der Waals surface area contributed by atoms with Crippen LogP contribution in [0.3, 0.4) is 0 Å². The van der Waals surface area contributed by atoms with E-state index < -0.39 is 11.6 Å². The van der Waals surface area contributed by atoms with Crippen LogP contribution in [0, 0.1) is 5.82 Å². The first-order valence-corrected chi connectivity index (χ1v) is 16.8. The molecular weight excluding hydrogens is 671 g/mol. The third-order valence-corrected chi connectivity index (χ3v) is 8.90. The molecule has 0 unspecified atom stereocenters. The van der Waals surface area contributed by atoms with Gasteiger partial charge in [-0.05, 0) is 76.7 Å². The summed E-state index contributed by atoms with van der Waals surface area (Å²) in [4.78, 5) is 19.6. The van der Waals surface area contributed by atoms with Crippen LogP contribution in [-0.4, -0.2) is 42.2 Å². The fourth-order valence-electron chi connectivity index (χ4n) is 5.84. The second-order valence-electron chi connectivity index (χ2n) is 11.7. The molecule has 0 bridgehead atoms. The van der Waals surface area contributed by atoms with E-state index in [4.69, 9.17) is 19.6 Å². The molecule has 0 saturated heterocycles. The number of benzene rings is 5. The monoisotopic (exact) mass is 706 g/mol. The minimum Gasteiger partial charge on any atom is -0.494 e. The summed E-state index contributed by atoms with van der Waals surface area (Å²) in [5, 5.41) is 12.2. The number of hydrogen-bond donors (Lipinski definition) is 2. The third kappa shape index (κ3) is 7.67. The van der Waals surface area contributed by atoms with Gasteiger partial charge in [0.15, 0.2) is 11.6 Å². The zero-order chi connectivity index (χ0) is 33.3. The van der Waals surface area contributed by atoms with Gasteiger partial charge in [-0.3, -0.25) is 4.79 Å². The molecule has 2 atom stereocenters. The average Bonchev–Trinajstić information content (AvgIpc) is 3.51. The summed E-state index contributed by atoms with van der Waals surface area (Å²) in [6.07, 6.45) is 0.378. The van der Waals surface area contributed by atoms with E-state index in [1.54, 1.807) is 18.2 Å². The third-order valence-electron chi connectivity index (χ3n) is 8.38. The summed E-state index contributed by atoms with van der Waals surface area (Å²) in [5.74, 6) is 0.389. The van der Waals surface area contributed by atoms with Crippen molar-refractivity contribution in [3.63, 3.8) is 0 Å². The molecule has 0 aliphatic carbocycles. The van der Waals surface area contributed by atoms with Crippen LogP contribution in [0.5, 0.6) is 5.75 Å². The number of halogens is 2. The van der Waals surface area contributed by atoms with Gasteiger partial charge < -0.3 is 19.9 Å². The Morgan fingerprint density at radius 1 is 0.854 bits per heavy atom. The number of rotatable bonds is 13. The Hall–Kier alpha value is -4.79. The van der Waals surface area contributed by atoms with E-state index in [1.165, 1.54) is 6.07 Å². The molecule has 0 fully saturated rings. The lowest BCUT2D eigenvalue weighted by atomic mass is 9.81. The number of aliphatic hydroxyl groups is 1. The lowest BCUT2D eigenvalue weighted by Crippen LogP contribution is -2.50. The van der Waals surface area contributed by atoms with E-state index in [0.29, 0.717) is 42.2 Å². The average molecular weight is 708 g/mol. The van der Waals surface area contributed by atoms with Crippen LogP contribution in [0.2, 0.25) is 0 Å². The molecule has 1 heterocycles. The van der Waals surface area contributed by atoms with Crippen molar-refractivity contribution in [3.05, 3.63) is 160 Å². The summed E-state index contributed by atoms with van der Waals surface area (Å²) < 4.78 is 27.8. The van der Waals surface area contributed by atoms with Gasteiger partial charge in [0, 0.05) is 36.0 Å². The smallest absolute Gasteiger partial charge is 0.252 e. The molecule has 0 aromatic heterocycles.